The third-order valence-electron chi connectivity index (χ3n) is 6.01. The lowest BCUT2D eigenvalue weighted by molar-refractivity contribution is -0.121. The van der Waals surface area contributed by atoms with E-state index in [9.17, 15) is 13.6 Å². The maximum absolute atomic E-state index is 13.7. The number of hydrogen-bond acceptors (Lipinski definition) is 4. The van der Waals surface area contributed by atoms with Crippen LogP contribution in [0.25, 0.3) is 10.9 Å². The highest BCUT2D eigenvalue weighted by Gasteiger charge is 2.24. The molecule has 0 saturated carbocycles. The molecule has 3 aromatic carbocycles. The summed E-state index contributed by atoms with van der Waals surface area (Å²) in [6, 6.07) is 16.8. The molecule has 0 spiro atoms. The number of benzene rings is 3. The molecule has 1 amide bonds. The van der Waals surface area contributed by atoms with E-state index in [0.29, 0.717) is 24.5 Å². The van der Waals surface area contributed by atoms with Crippen molar-refractivity contribution < 1.29 is 27.8 Å². The molecule has 188 valence electrons. The Morgan fingerprint density at radius 3 is 2.58 bits per heavy atom. The Bertz CT molecular complexity index is 1340. The van der Waals surface area contributed by atoms with Gasteiger partial charge in [-0.3, -0.25) is 4.79 Å². The van der Waals surface area contributed by atoms with Crippen molar-refractivity contribution in [1.29, 1.82) is 0 Å². The number of fused-ring (bicyclic) bond motifs is 1. The summed E-state index contributed by atoms with van der Waals surface area (Å²) in [7, 11) is 3.18. The lowest BCUT2D eigenvalue weighted by Gasteiger charge is -2.22. The number of nitrogens with one attached hydrogen (secondary N) is 2. The third kappa shape index (κ3) is 5.59. The first-order valence-corrected chi connectivity index (χ1v) is 11.6. The molecule has 0 saturated heterocycles. The minimum absolute atomic E-state index is 0.0404. The monoisotopic (exact) mass is 494 g/mol. The largest absolute Gasteiger partial charge is 0.493 e. The van der Waals surface area contributed by atoms with Crippen LogP contribution in [0, 0.1) is 11.6 Å². The summed E-state index contributed by atoms with van der Waals surface area (Å²) >= 11 is 0. The van der Waals surface area contributed by atoms with Gasteiger partial charge in [0.15, 0.2) is 23.1 Å². The molecule has 8 heteroatoms. The van der Waals surface area contributed by atoms with Gasteiger partial charge in [-0.25, -0.2) is 8.78 Å². The Hall–Kier alpha value is -4.07. The zero-order valence-electron chi connectivity index (χ0n) is 20.1. The van der Waals surface area contributed by atoms with Gasteiger partial charge in [0.25, 0.3) is 0 Å². The Morgan fingerprint density at radius 1 is 0.972 bits per heavy atom. The topological polar surface area (TPSA) is 72.6 Å². The minimum Gasteiger partial charge on any atom is -0.493 e. The smallest absolute Gasteiger partial charge is 0.220 e. The van der Waals surface area contributed by atoms with Crippen molar-refractivity contribution in [2.24, 2.45) is 0 Å². The molecule has 6 nitrogen and oxygen atoms in total. The first kappa shape index (κ1) is 25.0. The van der Waals surface area contributed by atoms with Crippen LogP contribution in [-0.4, -0.2) is 38.3 Å². The van der Waals surface area contributed by atoms with Gasteiger partial charge in [-0.1, -0.05) is 30.3 Å². The number of hydrogen-bond donors (Lipinski definition) is 2. The summed E-state index contributed by atoms with van der Waals surface area (Å²) < 4.78 is 43.3. The number of carbonyl (C=O) groups excluding carboxylic acids is 1. The molecule has 0 radical (unpaired) electrons. The van der Waals surface area contributed by atoms with Gasteiger partial charge in [0.1, 0.15) is 5.82 Å². The quantitative estimate of drug-likeness (QED) is 0.268. The molecule has 1 unspecified atom stereocenters. The number of amides is 1. The number of halogens is 2. The molecular weight excluding hydrogens is 466 g/mol. The molecular formula is C28H28F2N2O4. The molecule has 36 heavy (non-hydrogen) atoms. The van der Waals surface area contributed by atoms with Crippen LogP contribution in [0.5, 0.6) is 17.2 Å². The van der Waals surface area contributed by atoms with E-state index in [1.54, 1.807) is 14.2 Å². The second-order valence-electron chi connectivity index (χ2n) is 8.26. The van der Waals surface area contributed by atoms with Gasteiger partial charge in [-0.2, -0.15) is 0 Å². The first-order chi connectivity index (χ1) is 17.5. The van der Waals surface area contributed by atoms with E-state index < -0.39 is 11.6 Å². The molecule has 1 aromatic heterocycles. The number of aromatic nitrogens is 1. The summed E-state index contributed by atoms with van der Waals surface area (Å²) in [5.74, 6) is -0.633. The van der Waals surface area contributed by atoms with Gasteiger partial charge in [0, 0.05) is 47.6 Å². The van der Waals surface area contributed by atoms with Crippen molar-refractivity contribution in [3.8, 4) is 17.2 Å². The van der Waals surface area contributed by atoms with Crippen LogP contribution < -0.4 is 19.5 Å². The van der Waals surface area contributed by atoms with Crippen LogP contribution in [0.1, 0.15) is 29.9 Å². The Morgan fingerprint density at radius 2 is 1.81 bits per heavy atom. The van der Waals surface area contributed by atoms with Crippen molar-refractivity contribution in [1.82, 2.24) is 10.3 Å². The van der Waals surface area contributed by atoms with E-state index in [1.807, 2.05) is 48.7 Å². The molecule has 0 fully saturated rings. The van der Waals surface area contributed by atoms with Gasteiger partial charge in [0.2, 0.25) is 5.91 Å². The minimum atomic E-state index is -0.770. The van der Waals surface area contributed by atoms with Gasteiger partial charge in [0.05, 0.1) is 20.8 Å². The predicted molar refractivity (Wildman–Crippen MR) is 134 cm³/mol. The maximum atomic E-state index is 13.7. The molecule has 0 aliphatic rings. The van der Waals surface area contributed by atoms with E-state index in [2.05, 4.69) is 10.3 Å². The van der Waals surface area contributed by atoms with Crippen molar-refractivity contribution >= 4 is 16.8 Å². The number of methoxy groups -OCH3 is 2. The van der Waals surface area contributed by atoms with Gasteiger partial charge in [-0.05, 0) is 36.2 Å². The average Bonchev–Trinajstić information content (AvgIpc) is 3.31. The fourth-order valence-corrected chi connectivity index (χ4v) is 4.27. The second kappa shape index (κ2) is 11.6. The van der Waals surface area contributed by atoms with Crippen LogP contribution in [0.2, 0.25) is 0 Å². The van der Waals surface area contributed by atoms with Crippen LogP contribution in [0.4, 0.5) is 8.78 Å². The molecule has 2 N–H and O–H groups in total. The number of rotatable bonds is 11. The molecule has 0 bridgehead atoms. The zero-order valence-corrected chi connectivity index (χ0v) is 20.1. The number of carbonyl (C=O) groups is 1. The Kier molecular flexibility index (Phi) is 8.05. The van der Waals surface area contributed by atoms with Gasteiger partial charge < -0.3 is 24.5 Å². The molecule has 0 aliphatic heterocycles. The predicted octanol–water partition coefficient (Wildman–Crippen LogP) is 5.57. The highest BCUT2D eigenvalue weighted by Crippen LogP contribution is 2.40. The maximum Gasteiger partial charge on any atom is 0.220 e. The van der Waals surface area contributed by atoms with Crippen LogP contribution in [-0.2, 0) is 4.79 Å². The summed E-state index contributed by atoms with van der Waals surface area (Å²) in [6.45, 7) is 0.462. The van der Waals surface area contributed by atoms with Crippen LogP contribution >= 0.6 is 0 Å². The lowest BCUT2D eigenvalue weighted by atomic mass is 9.89. The van der Waals surface area contributed by atoms with E-state index in [0.717, 1.165) is 34.2 Å². The number of H-pyrrole nitrogens is 1. The first-order valence-electron chi connectivity index (χ1n) is 11.6. The summed E-state index contributed by atoms with van der Waals surface area (Å²) in [5, 5.41) is 4.06. The van der Waals surface area contributed by atoms with E-state index in [-0.39, 0.29) is 30.6 Å². The standard InChI is InChI=1S/C28H28F2N2O4/c1-34-26-10-5-8-20(28(26)35-2)22(21-16-31-24-9-4-3-7-19(21)24)17-32-27(33)11-6-14-36-25-13-12-18(29)15-23(25)30/h3-5,7-10,12-13,15-16,22,31H,6,11,14,17H2,1-2H3,(H,32,33). The van der Waals surface area contributed by atoms with Crippen molar-refractivity contribution in [3.05, 3.63) is 89.6 Å². The van der Waals surface area contributed by atoms with Crippen LogP contribution in [0.3, 0.4) is 0 Å². The van der Waals surface area contributed by atoms with Crippen LogP contribution in [0.15, 0.2) is 66.9 Å². The molecule has 4 aromatic rings. The molecule has 1 heterocycles. The number of para-hydroxylation sites is 2. The number of ether oxygens (including phenoxy) is 3. The van der Waals surface area contributed by atoms with E-state index in [1.165, 1.54) is 6.07 Å². The summed E-state index contributed by atoms with van der Waals surface area (Å²) in [4.78, 5) is 16.0. The summed E-state index contributed by atoms with van der Waals surface area (Å²) in [6.07, 6.45) is 2.52. The molecule has 0 aliphatic carbocycles. The number of aromatic amines is 1. The average molecular weight is 495 g/mol. The van der Waals surface area contributed by atoms with Gasteiger partial charge >= 0.3 is 0 Å². The molecule has 4 rings (SSSR count). The van der Waals surface area contributed by atoms with Crippen molar-refractivity contribution in [3.63, 3.8) is 0 Å². The van der Waals surface area contributed by atoms with Crippen molar-refractivity contribution in [2.45, 2.75) is 18.8 Å². The fourth-order valence-electron chi connectivity index (χ4n) is 4.27. The second-order valence-corrected chi connectivity index (χ2v) is 8.26. The highest BCUT2D eigenvalue weighted by molar-refractivity contribution is 5.84. The SMILES string of the molecule is COc1cccc(C(CNC(=O)CCCOc2ccc(F)cc2F)c2c[nH]c3ccccc23)c1OC. The Balaban J connectivity index is 1.46. The normalized spacial score (nSPS) is 11.8. The zero-order chi connectivity index (χ0) is 25.5. The van der Waals surface area contributed by atoms with Crippen molar-refractivity contribution in [2.75, 3.05) is 27.4 Å². The molecule has 1 atom stereocenters. The van der Waals surface area contributed by atoms with E-state index >= 15 is 0 Å². The van der Waals surface area contributed by atoms with Gasteiger partial charge in [-0.15, -0.1) is 0 Å². The lowest BCUT2D eigenvalue weighted by Crippen LogP contribution is -2.29. The third-order valence-corrected chi connectivity index (χ3v) is 6.01. The highest BCUT2D eigenvalue weighted by atomic mass is 19.1. The summed E-state index contributed by atoms with van der Waals surface area (Å²) in [5.41, 5.74) is 2.90. The Labute approximate surface area is 208 Å². The fraction of sp³-hybridized carbons (Fsp3) is 0.250. The van der Waals surface area contributed by atoms with E-state index in [4.69, 9.17) is 14.2 Å².